The molecular weight excluding hydrogens is 546 g/mol. The van der Waals surface area contributed by atoms with Crippen LogP contribution in [-0.2, 0) is 0 Å². The molecule has 0 aliphatic heterocycles. The molecule has 0 saturated heterocycles. The number of carbonyl (C=O) groups excluding carboxylic acids is 1. The maximum absolute atomic E-state index is 12.9. The van der Waals surface area contributed by atoms with Gasteiger partial charge in [0.15, 0.2) is 0 Å². The highest BCUT2D eigenvalue weighted by molar-refractivity contribution is 9.10. The van der Waals surface area contributed by atoms with Gasteiger partial charge in [-0.05, 0) is 64.4 Å². The molecule has 5 aromatic carbocycles. The van der Waals surface area contributed by atoms with E-state index in [1.165, 1.54) is 0 Å². The van der Waals surface area contributed by atoms with Crippen molar-refractivity contribution in [1.29, 1.82) is 0 Å². The molecule has 4 nitrogen and oxygen atoms in total. The Morgan fingerprint density at radius 3 is 2.05 bits per heavy atom. The number of fused-ring (bicyclic) bond motifs is 1. The van der Waals surface area contributed by atoms with E-state index in [1.54, 1.807) is 6.21 Å². The van der Waals surface area contributed by atoms with E-state index in [0.29, 0.717) is 5.56 Å². The highest BCUT2D eigenvalue weighted by atomic mass is 79.9. The molecule has 188 valence electrons. The summed E-state index contributed by atoms with van der Waals surface area (Å²) >= 11 is 3.56. The standard InChI is InChI=1S/C34H24BrN3O/c35-30-17-19-31(20-18-30)38-32(25-10-3-1-4-11-25)22-29(33(38)26-12-5-2-6-13-26)23-36-37-34(39)28-16-15-24-9-7-8-14-27(24)21-28/h1-23H,(H,37,39)/b36-23-. The lowest BCUT2D eigenvalue weighted by Gasteiger charge is -2.15. The topological polar surface area (TPSA) is 46.4 Å². The normalized spacial score (nSPS) is 11.2. The molecule has 6 rings (SSSR count). The second kappa shape index (κ2) is 10.9. The average molecular weight is 570 g/mol. The van der Waals surface area contributed by atoms with Gasteiger partial charge in [0.2, 0.25) is 0 Å². The van der Waals surface area contributed by atoms with Crippen LogP contribution in [-0.4, -0.2) is 16.7 Å². The molecule has 0 fully saturated rings. The van der Waals surface area contributed by atoms with Gasteiger partial charge in [0.1, 0.15) is 0 Å². The Bertz CT molecular complexity index is 1790. The number of carbonyl (C=O) groups is 1. The molecule has 0 unspecified atom stereocenters. The van der Waals surface area contributed by atoms with Crippen molar-refractivity contribution in [2.24, 2.45) is 5.10 Å². The van der Waals surface area contributed by atoms with Crippen molar-refractivity contribution >= 4 is 38.8 Å². The third kappa shape index (κ3) is 5.17. The second-order valence-electron chi connectivity index (χ2n) is 9.14. The van der Waals surface area contributed by atoms with Gasteiger partial charge in [-0.1, -0.05) is 107 Å². The van der Waals surface area contributed by atoms with E-state index in [2.05, 4.69) is 73.5 Å². The minimum absolute atomic E-state index is 0.256. The lowest BCUT2D eigenvalue weighted by Crippen LogP contribution is -2.17. The Kier molecular flexibility index (Phi) is 6.89. The van der Waals surface area contributed by atoms with Gasteiger partial charge >= 0.3 is 0 Å². The van der Waals surface area contributed by atoms with Crippen molar-refractivity contribution in [1.82, 2.24) is 9.99 Å². The van der Waals surface area contributed by atoms with E-state index in [9.17, 15) is 4.79 Å². The molecule has 6 aromatic rings. The summed E-state index contributed by atoms with van der Waals surface area (Å²) in [5, 5.41) is 6.50. The van der Waals surface area contributed by atoms with E-state index < -0.39 is 0 Å². The zero-order valence-electron chi connectivity index (χ0n) is 21.0. The first-order chi connectivity index (χ1) is 19.2. The number of halogens is 1. The first-order valence-electron chi connectivity index (χ1n) is 12.6. The van der Waals surface area contributed by atoms with Gasteiger partial charge in [-0.3, -0.25) is 4.79 Å². The van der Waals surface area contributed by atoms with Crippen LogP contribution in [0.2, 0.25) is 0 Å². The zero-order chi connectivity index (χ0) is 26.6. The maximum atomic E-state index is 12.9. The van der Waals surface area contributed by atoms with Crippen molar-refractivity contribution in [3.8, 4) is 28.2 Å². The molecule has 39 heavy (non-hydrogen) atoms. The number of aromatic nitrogens is 1. The van der Waals surface area contributed by atoms with E-state index in [1.807, 2.05) is 91.0 Å². The van der Waals surface area contributed by atoms with Gasteiger partial charge in [-0.2, -0.15) is 5.10 Å². The molecule has 0 radical (unpaired) electrons. The summed E-state index contributed by atoms with van der Waals surface area (Å²) in [5.41, 5.74) is 9.34. The van der Waals surface area contributed by atoms with Crippen LogP contribution in [0.25, 0.3) is 39.0 Å². The molecule has 0 spiro atoms. The summed E-state index contributed by atoms with van der Waals surface area (Å²) < 4.78 is 3.25. The summed E-state index contributed by atoms with van der Waals surface area (Å²) in [7, 11) is 0. The number of nitrogens with one attached hydrogen (secondary N) is 1. The number of amides is 1. The number of rotatable bonds is 6. The second-order valence-corrected chi connectivity index (χ2v) is 10.1. The van der Waals surface area contributed by atoms with Crippen LogP contribution in [0.1, 0.15) is 15.9 Å². The van der Waals surface area contributed by atoms with Crippen molar-refractivity contribution in [3.63, 3.8) is 0 Å². The molecule has 0 saturated carbocycles. The van der Waals surface area contributed by atoms with Gasteiger partial charge in [-0.15, -0.1) is 0 Å². The number of hydrogen-bond acceptors (Lipinski definition) is 2. The van der Waals surface area contributed by atoms with E-state index >= 15 is 0 Å². The molecule has 1 amide bonds. The van der Waals surface area contributed by atoms with Crippen LogP contribution in [0.5, 0.6) is 0 Å². The summed E-state index contributed by atoms with van der Waals surface area (Å²) in [6.45, 7) is 0. The van der Waals surface area contributed by atoms with Gasteiger partial charge < -0.3 is 4.57 Å². The van der Waals surface area contributed by atoms with E-state index in [-0.39, 0.29) is 5.91 Å². The Morgan fingerprint density at radius 2 is 1.33 bits per heavy atom. The Labute approximate surface area is 235 Å². The summed E-state index contributed by atoms with van der Waals surface area (Å²) in [6.07, 6.45) is 1.73. The van der Waals surface area contributed by atoms with Crippen LogP contribution in [0, 0.1) is 0 Å². The van der Waals surface area contributed by atoms with Gasteiger partial charge in [0, 0.05) is 21.3 Å². The molecule has 0 aliphatic rings. The molecule has 0 bridgehead atoms. The minimum Gasteiger partial charge on any atom is -0.309 e. The fraction of sp³-hybridized carbons (Fsp3) is 0. The highest BCUT2D eigenvalue weighted by Gasteiger charge is 2.19. The number of hydrogen-bond donors (Lipinski definition) is 1. The van der Waals surface area contributed by atoms with Crippen LogP contribution in [0.15, 0.2) is 143 Å². The van der Waals surface area contributed by atoms with Crippen LogP contribution < -0.4 is 5.43 Å². The fourth-order valence-electron chi connectivity index (χ4n) is 4.76. The number of benzene rings is 5. The molecule has 1 aromatic heterocycles. The zero-order valence-corrected chi connectivity index (χ0v) is 22.5. The van der Waals surface area contributed by atoms with Crippen LogP contribution >= 0.6 is 15.9 Å². The predicted molar refractivity (Wildman–Crippen MR) is 163 cm³/mol. The van der Waals surface area contributed by atoms with Crippen LogP contribution in [0.3, 0.4) is 0 Å². The first kappa shape index (κ1) is 24.6. The Morgan fingerprint density at radius 1 is 0.692 bits per heavy atom. The highest BCUT2D eigenvalue weighted by Crippen LogP contribution is 2.35. The molecular formula is C34H24BrN3O. The minimum atomic E-state index is -0.256. The molecule has 1 heterocycles. The SMILES string of the molecule is O=C(N/N=C\c1cc(-c2ccccc2)n(-c2ccc(Br)cc2)c1-c1ccccc1)c1ccc2ccccc2c1. The summed E-state index contributed by atoms with van der Waals surface area (Å²) in [4.78, 5) is 12.9. The third-order valence-electron chi connectivity index (χ3n) is 6.61. The maximum Gasteiger partial charge on any atom is 0.271 e. The quantitative estimate of drug-likeness (QED) is 0.158. The third-order valence-corrected chi connectivity index (χ3v) is 7.14. The first-order valence-corrected chi connectivity index (χ1v) is 13.4. The molecule has 1 N–H and O–H groups in total. The van der Waals surface area contributed by atoms with Gasteiger partial charge in [-0.25, -0.2) is 5.43 Å². The molecule has 0 atom stereocenters. The monoisotopic (exact) mass is 569 g/mol. The predicted octanol–water partition coefficient (Wildman–Crippen LogP) is 8.49. The average Bonchev–Trinajstić information content (AvgIpc) is 3.37. The lowest BCUT2D eigenvalue weighted by atomic mass is 10.1. The van der Waals surface area contributed by atoms with Crippen LogP contribution in [0.4, 0.5) is 0 Å². The lowest BCUT2D eigenvalue weighted by molar-refractivity contribution is 0.0955. The van der Waals surface area contributed by atoms with Gasteiger partial charge in [0.05, 0.1) is 17.6 Å². The van der Waals surface area contributed by atoms with Crippen molar-refractivity contribution in [3.05, 3.63) is 149 Å². The molecule has 5 heteroatoms. The smallest absolute Gasteiger partial charge is 0.271 e. The molecule has 0 aliphatic carbocycles. The van der Waals surface area contributed by atoms with Gasteiger partial charge in [0.25, 0.3) is 5.91 Å². The van der Waals surface area contributed by atoms with Crippen molar-refractivity contribution in [2.45, 2.75) is 0 Å². The number of hydrazone groups is 1. The van der Waals surface area contributed by atoms with Crippen molar-refractivity contribution in [2.75, 3.05) is 0 Å². The number of nitrogens with zero attached hydrogens (tertiary/aromatic N) is 2. The van der Waals surface area contributed by atoms with Crippen molar-refractivity contribution < 1.29 is 4.79 Å². The largest absolute Gasteiger partial charge is 0.309 e. The van der Waals surface area contributed by atoms with E-state index in [0.717, 1.165) is 49.0 Å². The fourth-order valence-corrected chi connectivity index (χ4v) is 5.02. The Balaban J connectivity index is 1.43. The Hall–Kier alpha value is -4.74. The van der Waals surface area contributed by atoms with E-state index in [4.69, 9.17) is 0 Å². The summed E-state index contributed by atoms with van der Waals surface area (Å²) in [5.74, 6) is -0.256. The summed E-state index contributed by atoms with van der Waals surface area (Å²) in [6, 6.07) is 44.5.